The number of halogens is 1. The molecule has 1 amide bonds. The Hall–Kier alpha value is -2.29. The lowest BCUT2D eigenvalue weighted by Crippen LogP contribution is -2.36. The first kappa shape index (κ1) is 23.4. The molecule has 0 aromatic heterocycles. The Balaban J connectivity index is 1.55. The van der Waals surface area contributed by atoms with E-state index in [1.165, 1.54) is 4.31 Å². The summed E-state index contributed by atoms with van der Waals surface area (Å²) in [6, 6.07) is 12.9. The molecule has 1 aliphatic heterocycles. The average molecular weight is 466 g/mol. The zero-order valence-corrected chi connectivity index (χ0v) is 19.4. The van der Waals surface area contributed by atoms with Crippen LogP contribution in [0, 0.1) is 6.92 Å². The summed E-state index contributed by atoms with van der Waals surface area (Å²) >= 11 is 6.15. The molecule has 1 aliphatic rings. The van der Waals surface area contributed by atoms with Gasteiger partial charge in [-0.25, -0.2) is 8.42 Å². The number of nitrogens with one attached hydrogen (secondary N) is 1. The lowest BCUT2D eigenvalue weighted by molar-refractivity contribution is -0.116. The van der Waals surface area contributed by atoms with E-state index < -0.39 is 10.0 Å². The zero-order chi connectivity index (χ0) is 22.4. The van der Waals surface area contributed by atoms with E-state index >= 15 is 0 Å². The summed E-state index contributed by atoms with van der Waals surface area (Å²) in [5.74, 6) is -0.157. The number of ether oxygens (including phenoxy) is 1. The summed E-state index contributed by atoms with van der Waals surface area (Å²) < 4.78 is 31.3. The van der Waals surface area contributed by atoms with Gasteiger partial charge in [0.2, 0.25) is 15.9 Å². The van der Waals surface area contributed by atoms with Crippen LogP contribution >= 0.6 is 11.6 Å². The number of anilines is 3. The number of carbonyl (C=O) groups is 1. The maximum atomic E-state index is 12.4. The molecule has 0 saturated carbocycles. The standard InChI is InChI=1S/C22H28ClN3O4S/c1-17-20(23)5-3-6-21(17)26(31(2,28)29)12-4-7-22(27)24-18-8-10-19(11-9-18)25-13-15-30-16-14-25/h3,5-6,8-11H,4,7,12-16H2,1-2H3,(H,24,27). The molecule has 0 unspecified atom stereocenters. The molecule has 0 radical (unpaired) electrons. The van der Waals surface area contributed by atoms with Gasteiger partial charge in [-0.3, -0.25) is 9.10 Å². The van der Waals surface area contributed by atoms with Gasteiger partial charge in [-0.15, -0.1) is 0 Å². The van der Waals surface area contributed by atoms with Gasteiger partial charge in [-0.05, 0) is 55.3 Å². The third kappa shape index (κ3) is 6.35. The molecule has 2 aromatic carbocycles. The van der Waals surface area contributed by atoms with E-state index in [0.717, 1.165) is 38.2 Å². The molecule has 3 rings (SSSR count). The molecule has 31 heavy (non-hydrogen) atoms. The average Bonchev–Trinajstić information content (AvgIpc) is 2.74. The van der Waals surface area contributed by atoms with Crippen molar-refractivity contribution < 1.29 is 17.9 Å². The summed E-state index contributed by atoms with van der Waals surface area (Å²) in [4.78, 5) is 14.6. The third-order valence-electron chi connectivity index (χ3n) is 5.20. The largest absolute Gasteiger partial charge is 0.378 e. The number of sulfonamides is 1. The monoisotopic (exact) mass is 465 g/mol. The van der Waals surface area contributed by atoms with Gasteiger partial charge in [0.1, 0.15) is 0 Å². The van der Waals surface area contributed by atoms with Gasteiger partial charge in [-0.2, -0.15) is 0 Å². The van der Waals surface area contributed by atoms with Gasteiger partial charge in [0.25, 0.3) is 0 Å². The number of benzene rings is 2. The molecule has 168 valence electrons. The minimum atomic E-state index is -3.50. The van der Waals surface area contributed by atoms with E-state index in [1.54, 1.807) is 25.1 Å². The molecular weight excluding hydrogens is 438 g/mol. The smallest absolute Gasteiger partial charge is 0.232 e. The molecule has 2 aromatic rings. The first-order valence-corrected chi connectivity index (χ1v) is 12.4. The lowest BCUT2D eigenvalue weighted by atomic mass is 10.2. The van der Waals surface area contributed by atoms with Gasteiger partial charge < -0.3 is 15.0 Å². The topological polar surface area (TPSA) is 79.0 Å². The number of carbonyl (C=O) groups excluding carboxylic acids is 1. The van der Waals surface area contributed by atoms with Crippen LogP contribution in [-0.2, 0) is 19.6 Å². The van der Waals surface area contributed by atoms with Gasteiger partial charge >= 0.3 is 0 Å². The van der Waals surface area contributed by atoms with E-state index in [2.05, 4.69) is 10.2 Å². The molecule has 0 atom stereocenters. The molecule has 1 heterocycles. The van der Waals surface area contributed by atoms with Crippen molar-refractivity contribution >= 4 is 44.6 Å². The zero-order valence-electron chi connectivity index (χ0n) is 17.8. The second-order valence-electron chi connectivity index (χ2n) is 7.52. The van der Waals surface area contributed by atoms with E-state index in [4.69, 9.17) is 16.3 Å². The van der Waals surface area contributed by atoms with Crippen molar-refractivity contribution in [3.05, 3.63) is 53.1 Å². The number of amides is 1. The fourth-order valence-electron chi connectivity index (χ4n) is 3.52. The van der Waals surface area contributed by atoms with Crippen molar-refractivity contribution in [1.82, 2.24) is 0 Å². The summed E-state index contributed by atoms with van der Waals surface area (Å²) in [6.45, 7) is 5.13. The van der Waals surface area contributed by atoms with Gasteiger partial charge in [-0.1, -0.05) is 17.7 Å². The molecule has 0 aliphatic carbocycles. The Kier molecular flexibility index (Phi) is 7.80. The Morgan fingerprint density at radius 1 is 1.16 bits per heavy atom. The molecule has 0 bridgehead atoms. The normalized spacial score (nSPS) is 14.4. The fourth-order valence-corrected chi connectivity index (χ4v) is 4.70. The predicted octanol–water partition coefficient (Wildman–Crippen LogP) is 3.67. The lowest BCUT2D eigenvalue weighted by Gasteiger charge is -2.28. The van der Waals surface area contributed by atoms with Crippen molar-refractivity contribution in [2.24, 2.45) is 0 Å². The van der Waals surface area contributed by atoms with Gasteiger partial charge in [0, 0.05) is 42.5 Å². The highest BCUT2D eigenvalue weighted by Crippen LogP contribution is 2.28. The Morgan fingerprint density at radius 2 is 1.84 bits per heavy atom. The first-order chi connectivity index (χ1) is 14.8. The van der Waals surface area contributed by atoms with Crippen LogP contribution in [0.5, 0.6) is 0 Å². The highest BCUT2D eigenvalue weighted by Gasteiger charge is 2.20. The SMILES string of the molecule is Cc1c(Cl)cccc1N(CCCC(=O)Nc1ccc(N2CCOCC2)cc1)S(C)(=O)=O. The molecule has 1 N–H and O–H groups in total. The molecular formula is C22H28ClN3O4S. The Morgan fingerprint density at radius 3 is 2.48 bits per heavy atom. The first-order valence-electron chi connectivity index (χ1n) is 10.2. The van der Waals surface area contributed by atoms with Crippen LogP contribution < -0.4 is 14.5 Å². The van der Waals surface area contributed by atoms with Crippen LogP contribution in [0.15, 0.2) is 42.5 Å². The highest BCUT2D eigenvalue weighted by molar-refractivity contribution is 7.92. The minimum absolute atomic E-state index is 0.157. The van der Waals surface area contributed by atoms with E-state index in [-0.39, 0.29) is 18.9 Å². The molecule has 0 spiro atoms. The Labute approximate surface area is 189 Å². The molecule has 9 heteroatoms. The van der Waals surface area contributed by atoms with Crippen LogP contribution in [0.4, 0.5) is 17.1 Å². The van der Waals surface area contributed by atoms with E-state index in [0.29, 0.717) is 28.4 Å². The van der Waals surface area contributed by atoms with Crippen LogP contribution in [-0.4, -0.2) is 53.4 Å². The van der Waals surface area contributed by atoms with Gasteiger partial charge in [0.05, 0.1) is 25.2 Å². The van der Waals surface area contributed by atoms with E-state index in [9.17, 15) is 13.2 Å². The van der Waals surface area contributed by atoms with Gasteiger partial charge in [0.15, 0.2) is 0 Å². The van der Waals surface area contributed by atoms with Crippen LogP contribution in [0.3, 0.4) is 0 Å². The molecule has 7 nitrogen and oxygen atoms in total. The maximum absolute atomic E-state index is 12.4. The quantitative estimate of drug-likeness (QED) is 0.643. The van der Waals surface area contributed by atoms with Crippen LogP contribution in [0.1, 0.15) is 18.4 Å². The number of hydrogen-bond donors (Lipinski definition) is 1. The molecule has 1 saturated heterocycles. The summed E-state index contributed by atoms with van der Waals surface area (Å²) in [5.41, 5.74) is 3.04. The van der Waals surface area contributed by atoms with Crippen molar-refractivity contribution in [3.8, 4) is 0 Å². The predicted molar refractivity (Wildman–Crippen MR) is 126 cm³/mol. The van der Waals surface area contributed by atoms with Crippen molar-refractivity contribution in [2.45, 2.75) is 19.8 Å². The van der Waals surface area contributed by atoms with Crippen molar-refractivity contribution in [3.63, 3.8) is 0 Å². The number of morpholine rings is 1. The van der Waals surface area contributed by atoms with Crippen molar-refractivity contribution in [2.75, 3.05) is 53.6 Å². The maximum Gasteiger partial charge on any atom is 0.232 e. The van der Waals surface area contributed by atoms with Crippen LogP contribution in [0.25, 0.3) is 0 Å². The minimum Gasteiger partial charge on any atom is -0.378 e. The highest BCUT2D eigenvalue weighted by atomic mass is 35.5. The summed E-state index contributed by atoms with van der Waals surface area (Å²) in [6.07, 6.45) is 1.75. The number of rotatable bonds is 8. The second kappa shape index (κ2) is 10.3. The Bertz CT molecular complexity index is 1010. The summed E-state index contributed by atoms with van der Waals surface area (Å²) in [5, 5.41) is 3.38. The second-order valence-corrected chi connectivity index (χ2v) is 9.83. The fraction of sp³-hybridized carbons (Fsp3) is 0.409. The number of hydrogen-bond acceptors (Lipinski definition) is 5. The third-order valence-corrected chi connectivity index (χ3v) is 6.79. The van der Waals surface area contributed by atoms with Crippen LogP contribution in [0.2, 0.25) is 5.02 Å². The number of nitrogens with zero attached hydrogens (tertiary/aromatic N) is 2. The van der Waals surface area contributed by atoms with Crippen molar-refractivity contribution in [1.29, 1.82) is 0 Å². The summed E-state index contributed by atoms with van der Waals surface area (Å²) in [7, 11) is -3.50. The molecule has 1 fully saturated rings. The van der Waals surface area contributed by atoms with E-state index in [1.807, 2.05) is 24.3 Å².